The molecule has 0 spiro atoms. The number of aryl methyl sites for hydroxylation is 3. The maximum Gasteiger partial charge on any atom is 0.339 e. The van der Waals surface area contributed by atoms with Gasteiger partial charge in [0.05, 0.1) is 0 Å². The molecule has 0 aromatic heterocycles. The molecule has 2 rings (SSSR count). The summed E-state index contributed by atoms with van der Waals surface area (Å²) in [7, 11) is 0. The van der Waals surface area contributed by atoms with E-state index in [1.54, 1.807) is 6.07 Å². The number of aromatic carboxylic acids is 1. The molecule has 2 aromatic carbocycles. The summed E-state index contributed by atoms with van der Waals surface area (Å²) in [6.07, 6.45) is 0. The molecule has 0 fully saturated rings. The number of hydrogen-bond acceptors (Lipinski definition) is 2. The monoisotopic (exact) mass is 348 g/mol. The number of carboxylic acid groups (broad SMARTS) is 1. The maximum absolute atomic E-state index is 11.3. The minimum Gasteiger partial charge on any atom is -0.488 e. The van der Waals surface area contributed by atoms with Gasteiger partial charge in [0.2, 0.25) is 0 Å². The number of hydrogen-bond donors (Lipinski definition) is 1. The van der Waals surface area contributed by atoms with E-state index in [4.69, 9.17) is 4.74 Å². The van der Waals surface area contributed by atoms with Crippen molar-refractivity contribution in [1.82, 2.24) is 0 Å². The van der Waals surface area contributed by atoms with E-state index >= 15 is 0 Å². The Morgan fingerprint density at radius 3 is 2.43 bits per heavy atom. The number of benzene rings is 2. The highest BCUT2D eigenvalue weighted by atomic mass is 79.9. The molecule has 4 heteroatoms. The molecule has 3 nitrogen and oxygen atoms in total. The molecule has 2 aromatic rings. The van der Waals surface area contributed by atoms with E-state index in [2.05, 4.69) is 28.9 Å². The summed E-state index contributed by atoms with van der Waals surface area (Å²) in [6, 6.07) is 9.51. The third kappa shape index (κ3) is 3.64. The van der Waals surface area contributed by atoms with Gasteiger partial charge in [-0.1, -0.05) is 34.1 Å². The highest BCUT2D eigenvalue weighted by Crippen LogP contribution is 2.29. The average Bonchev–Trinajstić information content (AvgIpc) is 2.40. The molecule has 0 aliphatic rings. The minimum atomic E-state index is -0.991. The number of rotatable bonds is 4. The Hall–Kier alpha value is -1.81. The Labute approximate surface area is 132 Å². The van der Waals surface area contributed by atoms with Gasteiger partial charge in [-0.2, -0.15) is 0 Å². The van der Waals surface area contributed by atoms with Crippen LogP contribution < -0.4 is 4.74 Å². The van der Waals surface area contributed by atoms with Crippen LogP contribution in [0.2, 0.25) is 0 Å². The van der Waals surface area contributed by atoms with Gasteiger partial charge in [0.1, 0.15) is 17.9 Å². The van der Waals surface area contributed by atoms with Crippen LogP contribution in [0.4, 0.5) is 0 Å². The second-order valence-corrected chi connectivity index (χ2v) is 6.03. The highest BCUT2D eigenvalue weighted by Gasteiger charge is 2.15. The van der Waals surface area contributed by atoms with Gasteiger partial charge < -0.3 is 9.84 Å². The zero-order valence-corrected chi connectivity index (χ0v) is 13.8. The summed E-state index contributed by atoms with van der Waals surface area (Å²) in [6.45, 7) is 6.30. The summed E-state index contributed by atoms with van der Waals surface area (Å²) in [4.78, 5) is 11.3. The van der Waals surface area contributed by atoms with E-state index in [1.807, 2.05) is 32.0 Å². The van der Waals surface area contributed by atoms with Crippen LogP contribution in [0.5, 0.6) is 5.75 Å². The van der Waals surface area contributed by atoms with Crippen molar-refractivity contribution in [3.05, 3.63) is 62.6 Å². The van der Waals surface area contributed by atoms with E-state index in [1.165, 1.54) is 11.1 Å². The molecule has 0 saturated carbocycles. The summed E-state index contributed by atoms with van der Waals surface area (Å²) >= 11 is 3.31. The van der Waals surface area contributed by atoms with Crippen molar-refractivity contribution in [2.75, 3.05) is 0 Å². The number of ether oxygens (including phenoxy) is 1. The Kier molecular flexibility index (Phi) is 4.68. The van der Waals surface area contributed by atoms with Crippen LogP contribution in [0.1, 0.15) is 32.6 Å². The van der Waals surface area contributed by atoms with E-state index in [0.29, 0.717) is 12.4 Å². The topological polar surface area (TPSA) is 46.5 Å². The van der Waals surface area contributed by atoms with Gasteiger partial charge in [-0.15, -0.1) is 0 Å². The molecule has 0 unspecified atom stereocenters. The lowest BCUT2D eigenvalue weighted by Crippen LogP contribution is -2.05. The first kappa shape index (κ1) is 15.6. The third-order valence-corrected chi connectivity index (χ3v) is 3.88. The van der Waals surface area contributed by atoms with Crippen LogP contribution >= 0.6 is 15.9 Å². The lowest BCUT2D eigenvalue weighted by atomic mass is 10.1. The summed E-state index contributed by atoms with van der Waals surface area (Å²) in [5.41, 5.74) is 4.42. The molecule has 0 heterocycles. The molecule has 0 aliphatic heterocycles. The van der Waals surface area contributed by atoms with Crippen molar-refractivity contribution in [2.24, 2.45) is 0 Å². The zero-order chi connectivity index (χ0) is 15.6. The molecule has 0 bridgehead atoms. The van der Waals surface area contributed by atoms with Crippen LogP contribution in [0.25, 0.3) is 0 Å². The quantitative estimate of drug-likeness (QED) is 0.874. The maximum atomic E-state index is 11.3. The van der Waals surface area contributed by atoms with Crippen LogP contribution in [0, 0.1) is 20.8 Å². The minimum absolute atomic E-state index is 0.172. The van der Waals surface area contributed by atoms with Crippen molar-refractivity contribution in [2.45, 2.75) is 27.4 Å². The summed E-state index contributed by atoms with van der Waals surface area (Å²) in [5, 5.41) is 9.29. The van der Waals surface area contributed by atoms with Gasteiger partial charge in [-0.05, 0) is 55.2 Å². The third-order valence-electron chi connectivity index (χ3n) is 3.42. The molecule has 0 aliphatic carbocycles. The Morgan fingerprint density at radius 2 is 1.81 bits per heavy atom. The van der Waals surface area contributed by atoms with Gasteiger partial charge in [0.15, 0.2) is 0 Å². The van der Waals surface area contributed by atoms with Crippen molar-refractivity contribution >= 4 is 21.9 Å². The largest absolute Gasteiger partial charge is 0.488 e. The first-order valence-electron chi connectivity index (χ1n) is 6.61. The Balaban J connectivity index is 2.27. The number of carboxylic acids is 1. The fourth-order valence-corrected chi connectivity index (χ4v) is 2.70. The van der Waals surface area contributed by atoms with Crippen molar-refractivity contribution in [3.63, 3.8) is 0 Å². The van der Waals surface area contributed by atoms with E-state index in [9.17, 15) is 9.90 Å². The molecule has 0 radical (unpaired) electrons. The number of carbonyl (C=O) groups is 1. The van der Waals surface area contributed by atoms with E-state index < -0.39 is 5.97 Å². The predicted molar refractivity (Wildman–Crippen MR) is 86.1 cm³/mol. The van der Waals surface area contributed by atoms with Crippen molar-refractivity contribution in [1.29, 1.82) is 0 Å². The van der Waals surface area contributed by atoms with Gasteiger partial charge in [0.25, 0.3) is 0 Å². The van der Waals surface area contributed by atoms with Crippen molar-refractivity contribution < 1.29 is 14.6 Å². The van der Waals surface area contributed by atoms with Crippen LogP contribution in [-0.2, 0) is 6.61 Å². The molecule has 0 atom stereocenters. The second kappa shape index (κ2) is 6.31. The summed E-state index contributed by atoms with van der Waals surface area (Å²) < 4.78 is 6.50. The van der Waals surface area contributed by atoms with Crippen molar-refractivity contribution in [3.8, 4) is 5.75 Å². The molecule has 21 heavy (non-hydrogen) atoms. The van der Waals surface area contributed by atoms with Crippen LogP contribution in [0.15, 0.2) is 34.8 Å². The smallest absolute Gasteiger partial charge is 0.339 e. The average molecular weight is 349 g/mol. The zero-order valence-electron chi connectivity index (χ0n) is 12.2. The molecule has 0 saturated heterocycles. The van der Waals surface area contributed by atoms with E-state index in [0.717, 1.165) is 15.6 Å². The Bertz CT molecular complexity index is 693. The van der Waals surface area contributed by atoms with Crippen LogP contribution in [0.3, 0.4) is 0 Å². The molecular weight excluding hydrogens is 332 g/mol. The second-order valence-electron chi connectivity index (χ2n) is 5.11. The lowest BCUT2D eigenvalue weighted by Gasteiger charge is -2.13. The highest BCUT2D eigenvalue weighted by molar-refractivity contribution is 9.10. The summed E-state index contributed by atoms with van der Waals surface area (Å²) in [5.74, 6) is -0.571. The fraction of sp³-hybridized carbons (Fsp3) is 0.235. The molecule has 110 valence electrons. The fourth-order valence-electron chi connectivity index (χ4n) is 2.13. The molecular formula is C17H17BrO3. The normalized spacial score (nSPS) is 10.5. The lowest BCUT2D eigenvalue weighted by molar-refractivity contribution is 0.0691. The molecule has 0 amide bonds. The van der Waals surface area contributed by atoms with Gasteiger partial charge >= 0.3 is 5.97 Å². The van der Waals surface area contributed by atoms with Gasteiger partial charge in [-0.25, -0.2) is 4.79 Å². The predicted octanol–water partition coefficient (Wildman–Crippen LogP) is 4.65. The number of halogens is 1. The SMILES string of the molecule is Cc1ccc(COc2c(C)cc(Br)cc2C(=O)O)cc1C. The first-order valence-corrected chi connectivity index (χ1v) is 7.40. The van der Waals surface area contributed by atoms with Gasteiger partial charge in [-0.3, -0.25) is 0 Å². The Morgan fingerprint density at radius 1 is 1.10 bits per heavy atom. The van der Waals surface area contributed by atoms with Crippen LogP contribution in [-0.4, -0.2) is 11.1 Å². The van der Waals surface area contributed by atoms with E-state index in [-0.39, 0.29) is 5.56 Å². The molecule has 1 N–H and O–H groups in total. The standard InChI is InChI=1S/C17H17BrO3/c1-10-4-5-13(6-11(10)2)9-21-16-12(3)7-14(18)8-15(16)17(19)20/h4-8H,9H2,1-3H3,(H,19,20). The first-order chi connectivity index (χ1) is 9.88. The van der Waals surface area contributed by atoms with Gasteiger partial charge in [0, 0.05) is 4.47 Å².